The maximum absolute atomic E-state index is 11.8. The Bertz CT molecular complexity index is 613. The summed E-state index contributed by atoms with van der Waals surface area (Å²) in [5.41, 5.74) is 0.918. The molecule has 1 heterocycles. The fraction of sp³-hybridized carbons (Fsp3) is 0.353. The molecule has 1 fully saturated rings. The molecule has 0 radical (unpaired) electrons. The van der Waals surface area contributed by atoms with Crippen molar-refractivity contribution in [3.05, 3.63) is 35.9 Å². The molecule has 24 heavy (non-hydrogen) atoms. The van der Waals surface area contributed by atoms with Crippen LogP contribution in [0, 0.1) is 0 Å². The molecule has 1 aliphatic heterocycles. The van der Waals surface area contributed by atoms with Crippen LogP contribution in [0.15, 0.2) is 30.3 Å². The molecule has 0 saturated carbocycles. The number of thioether (sulfide) groups is 1. The van der Waals surface area contributed by atoms with Crippen molar-refractivity contribution in [2.45, 2.75) is 13.3 Å². The minimum absolute atomic E-state index is 0.000160. The zero-order valence-electron chi connectivity index (χ0n) is 13.5. The molecule has 0 unspecified atom stereocenters. The van der Waals surface area contributed by atoms with Crippen molar-refractivity contribution < 1.29 is 14.3 Å². The number of carbonyl (C=O) groups is 2. The summed E-state index contributed by atoms with van der Waals surface area (Å²) in [4.78, 5) is 24.9. The highest BCUT2D eigenvalue weighted by molar-refractivity contribution is 8.23. The van der Waals surface area contributed by atoms with Crippen molar-refractivity contribution in [2.75, 3.05) is 25.4 Å². The molecule has 128 valence electrons. The summed E-state index contributed by atoms with van der Waals surface area (Å²) in [5.74, 6) is 1.01. The van der Waals surface area contributed by atoms with E-state index in [1.165, 1.54) is 22.7 Å². The first-order chi connectivity index (χ1) is 11.6. The molecule has 7 heteroatoms. The lowest BCUT2D eigenvalue weighted by molar-refractivity contribution is -0.124. The largest absolute Gasteiger partial charge is 0.494 e. The van der Waals surface area contributed by atoms with Gasteiger partial charge in [-0.3, -0.25) is 14.5 Å². The highest BCUT2D eigenvalue weighted by atomic mass is 32.2. The van der Waals surface area contributed by atoms with Crippen LogP contribution in [0.2, 0.25) is 0 Å². The minimum Gasteiger partial charge on any atom is -0.494 e. The average Bonchev–Trinajstić information content (AvgIpc) is 2.91. The molecule has 5 nitrogen and oxygen atoms in total. The predicted octanol–water partition coefficient (Wildman–Crippen LogP) is 2.47. The lowest BCUT2D eigenvalue weighted by atomic mass is 10.2. The second-order valence-electron chi connectivity index (χ2n) is 5.14. The van der Waals surface area contributed by atoms with Crippen molar-refractivity contribution in [3.8, 4) is 5.75 Å². The van der Waals surface area contributed by atoms with Gasteiger partial charge in [-0.05, 0) is 30.2 Å². The zero-order valence-corrected chi connectivity index (χ0v) is 15.1. The van der Waals surface area contributed by atoms with Crippen LogP contribution in [0.3, 0.4) is 0 Å². The highest BCUT2D eigenvalue weighted by Gasteiger charge is 2.25. The van der Waals surface area contributed by atoms with E-state index < -0.39 is 0 Å². The molecular formula is C17H20N2O3S2. The van der Waals surface area contributed by atoms with Crippen LogP contribution in [-0.4, -0.2) is 46.5 Å². The number of benzene rings is 1. The van der Waals surface area contributed by atoms with Gasteiger partial charge in [-0.15, -0.1) is 0 Å². The molecule has 1 aromatic rings. The van der Waals surface area contributed by atoms with Crippen LogP contribution in [0.5, 0.6) is 5.75 Å². The molecule has 0 aliphatic carbocycles. The van der Waals surface area contributed by atoms with Crippen LogP contribution >= 0.6 is 24.0 Å². The molecule has 0 aromatic heterocycles. The van der Waals surface area contributed by atoms with Gasteiger partial charge >= 0.3 is 0 Å². The number of nitrogens with zero attached hydrogens (tertiary/aromatic N) is 1. The Hall–Kier alpha value is -1.86. The number of hydrogen-bond acceptors (Lipinski definition) is 5. The molecule has 1 aliphatic rings. The van der Waals surface area contributed by atoms with Gasteiger partial charge in [-0.25, -0.2) is 0 Å². The molecule has 2 amide bonds. The number of ether oxygens (including phenoxy) is 1. The third-order valence-electron chi connectivity index (χ3n) is 3.26. The van der Waals surface area contributed by atoms with E-state index in [1.807, 2.05) is 24.3 Å². The van der Waals surface area contributed by atoms with Crippen molar-refractivity contribution in [1.82, 2.24) is 10.2 Å². The average molecular weight is 364 g/mol. The molecule has 0 spiro atoms. The number of amides is 2. The van der Waals surface area contributed by atoms with Gasteiger partial charge in [0.2, 0.25) is 11.8 Å². The standard InChI is InChI=1S/C17H20N2O3S2/c1-2-11-22-14-6-3-13(4-7-14)5-8-15(20)18-9-10-19-16(21)12-24-17(19)23/h3-8H,2,9-12H2,1H3,(H,18,20)/b8-5+. The summed E-state index contributed by atoms with van der Waals surface area (Å²) in [6.45, 7) is 3.54. The Morgan fingerprint density at radius 1 is 1.42 bits per heavy atom. The summed E-state index contributed by atoms with van der Waals surface area (Å²) in [5, 5.41) is 2.75. The molecule has 1 saturated heterocycles. The van der Waals surface area contributed by atoms with Crippen molar-refractivity contribution >= 4 is 46.2 Å². The van der Waals surface area contributed by atoms with E-state index >= 15 is 0 Å². The number of carbonyl (C=O) groups excluding carboxylic acids is 2. The normalized spacial score (nSPS) is 14.5. The number of rotatable bonds is 8. The fourth-order valence-electron chi connectivity index (χ4n) is 2.01. The van der Waals surface area contributed by atoms with E-state index in [0.29, 0.717) is 29.8 Å². The molecule has 0 atom stereocenters. The summed E-state index contributed by atoms with van der Waals surface area (Å²) >= 11 is 6.44. The summed E-state index contributed by atoms with van der Waals surface area (Å²) in [7, 11) is 0. The molecule has 0 bridgehead atoms. The SMILES string of the molecule is CCCOc1ccc(/C=C/C(=O)NCCN2C(=O)CSC2=S)cc1. The van der Waals surface area contributed by atoms with Crippen LogP contribution in [0.1, 0.15) is 18.9 Å². The van der Waals surface area contributed by atoms with Crippen molar-refractivity contribution in [1.29, 1.82) is 0 Å². The Labute approximate surface area is 151 Å². The minimum atomic E-state index is -0.202. The Morgan fingerprint density at radius 3 is 2.79 bits per heavy atom. The monoisotopic (exact) mass is 364 g/mol. The second kappa shape index (κ2) is 9.44. The molecule has 1 aromatic carbocycles. The van der Waals surface area contributed by atoms with E-state index in [4.69, 9.17) is 17.0 Å². The predicted molar refractivity (Wildman–Crippen MR) is 101 cm³/mol. The van der Waals surface area contributed by atoms with Crippen LogP contribution in [-0.2, 0) is 9.59 Å². The molecule has 2 rings (SSSR count). The second-order valence-corrected chi connectivity index (χ2v) is 6.75. The summed E-state index contributed by atoms with van der Waals surface area (Å²) < 4.78 is 6.09. The number of nitrogens with one attached hydrogen (secondary N) is 1. The topological polar surface area (TPSA) is 58.6 Å². The van der Waals surface area contributed by atoms with Crippen LogP contribution in [0.25, 0.3) is 6.08 Å². The van der Waals surface area contributed by atoms with E-state index in [1.54, 1.807) is 6.08 Å². The maximum atomic E-state index is 11.8. The van der Waals surface area contributed by atoms with Crippen LogP contribution < -0.4 is 10.1 Å². The van der Waals surface area contributed by atoms with Gasteiger partial charge in [0.05, 0.1) is 12.4 Å². The van der Waals surface area contributed by atoms with Gasteiger partial charge < -0.3 is 10.1 Å². The third-order valence-corrected chi connectivity index (χ3v) is 4.69. The number of thiocarbonyl (C=S) groups is 1. The lowest BCUT2D eigenvalue weighted by Crippen LogP contribution is -2.36. The first-order valence-corrected chi connectivity index (χ1v) is 9.15. The zero-order chi connectivity index (χ0) is 17.4. The Balaban J connectivity index is 1.74. The van der Waals surface area contributed by atoms with E-state index in [0.717, 1.165) is 17.7 Å². The van der Waals surface area contributed by atoms with Crippen LogP contribution in [0.4, 0.5) is 0 Å². The Morgan fingerprint density at radius 2 is 2.17 bits per heavy atom. The van der Waals surface area contributed by atoms with E-state index in [-0.39, 0.29) is 11.8 Å². The van der Waals surface area contributed by atoms with Crippen molar-refractivity contribution in [3.63, 3.8) is 0 Å². The lowest BCUT2D eigenvalue weighted by Gasteiger charge is -2.14. The maximum Gasteiger partial charge on any atom is 0.244 e. The van der Waals surface area contributed by atoms with E-state index in [9.17, 15) is 9.59 Å². The third kappa shape index (κ3) is 5.65. The first-order valence-electron chi connectivity index (χ1n) is 7.76. The molecular weight excluding hydrogens is 344 g/mol. The molecule has 1 N–H and O–H groups in total. The van der Waals surface area contributed by atoms with Gasteiger partial charge in [-0.2, -0.15) is 0 Å². The van der Waals surface area contributed by atoms with Gasteiger partial charge in [-0.1, -0.05) is 43.0 Å². The fourth-order valence-corrected chi connectivity index (χ4v) is 3.14. The van der Waals surface area contributed by atoms with Crippen molar-refractivity contribution in [2.24, 2.45) is 0 Å². The summed E-state index contributed by atoms with van der Waals surface area (Å²) in [6, 6.07) is 7.55. The number of hydrogen-bond donors (Lipinski definition) is 1. The van der Waals surface area contributed by atoms with Gasteiger partial charge in [0.1, 0.15) is 10.1 Å². The quantitative estimate of drug-likeness (QED) is 0.567. The van der Waals surface area contributed by atoms with E-state index in [2.05, 4.69) is 12.2 Å². The first kappa shape index (κ1) is 18.5. The highest BCUT2D eigenvalue weighted by Crippen LogP contribution is 2.18. The Kier molecular flexibility index (Phi) is 7.27. The smallest absolute Gasteiger partial charge is 0.244 e. The summed E-state index contributed by atoms with van der Waals surface area (Å²) in [6.07, 6.45) is 4.18. The van der Waals surface area contributed by atoms with Gasteiger partial charge in [0.15, 0.2) is 0 Å². The van der Waals surface area contributed by atoms with Gasteiger partial charge in [0, 0.05) is 19.2 Å². The van der Waals surface area contributed by atoms with Gasteiger partial charge in [0.25, 0.3) is 0 Å².